The van der Waals surface area contributed by atoms with Gasteiger partial charge in [-0.05, 0) is 13.0 Å². The van der Waals surface area contributed by atoms with Gasteiger partial charge in [0.05, 0.1) is 0 Å². The molecule has 0 amide bonds. The van der Waals surface area contributed by atoms with Crippen LogP contribution in [0.25, 0.3) is 10.8 Å². The monoisotopic (exact) mass is 197 g/mol. The molecular formula is C10H6F3N. The standard InChI is InChI=1S/C10H6F3N/c1-5-2-6-7(4-14-5)8(11)3-9(12)10(6)13/h2-4H,1H3. The SMILES string of the molecule is Cc1cc2c(F)c(F)cc(F)c2cn1. The number of halogens is 3. The Labute approximate surface area is 78.2 Å². The lowest BCUT2D eigenvalue weighted by molar-refractivity contribution is 0.505. The number of nitrogens with zero attached hydrogens (tertiary/aromatic N) is 1. The van der Waals surface area contributed by atoms with Crippen molar-refractivity contribution in [3.63, 3.8) is 0 Å². The smallest absolute Gasteiger partial charge is 0.166 e. The summed E-state index contributed by atoms with van der Waals surface area (Å²) in [6.07, 6.45) is 1.20. The van der Waals surface area contributed by atoms with Crippen molar-refractivity contribution < 1.29 is 13.2 Å². The van der Waals surface area contributed by atoms with Gasteiger partial charge in [0.15, 0.2) is 11.6 Å². The quantitative estimate of drug-likeness (QED) is 0.591. The predicted molar refractivity (Wildman–Crippen MR) is 46.4 cm³/mol. The van der Waals surface area contributed by atoms with Crippen LogP contribution in [0.3, 0.4) is 0 Å². The number of hydrogen-bond donors (Lipinski definition) is 0. The summed E-state index contributed by atoms with van der Waals surface area (Å²) < 4.78 is 39.1. The number of benzene rings is 1. The summed E-state index contributed by atoms with van der Waals surface area (Å²) in [5, 5.41) is -0.0792. The zero-order valence-electron chi connectivity index (χ0n) is 7.31. The molecule has 0 unspecified atom stereocenters. The van der Waals surface area contributed by atoms with Crippen molar-refractivity contribution in [2.75, 3.05) is 0 Å². The molecule has 0 spiro atoms. The van der Waals surface area contributed by atoms with E-state index >= 15 is 0 Å². The first-order chi connectivity index (χ1) is 6.59. The highest BCUT2D eigenvalue weighted by atomic mass is 19.2. The number of pyridine rings is 1. The highest BCUT2D eigenvalue weighted by Crippen LogP contribution is 2.23. The zero-order valence-corrected chi connectivity index (χ0v) is 7.31. The largest absolute Gasteiger partial charge is 0.261 e. The van der Waals surface area contributed by atoms with E-state index in [1.54, 1.807) is 6.92 Å². The Kier molecular flexibility index (Phi) is 1.91. The van der Waals surface area contributed by atoms with Gasteiger partial charge in [0.2, 0.25) is 0 Å². The lowest BCUT2D eigenvalue weighted by Gasteiger charge is -2.02. The first-order valence-electron chi connectivity index (χ1n) is 3.99. The van der Waals surface area contributed by atoms with E-state index in [4.69, 9.17) is 0 Å². The fraction of sp³-hybridized carbons (Fsp3) is 0.100. The van der Waals surface area contributed by atoms with Gasteiger partial charge in [-0.1, -0.05) is 0 Å². The van der Waals surface area contributed by atoms with Crippen LogP contribution >= 0.6 is 0 Å². The molecule has 4 heteroatoms. The minimum atomic E-state index is -1.18. The topological polar surface area (TPSA) is 12.9 Å². The summed E-state index contributed by atoms with van der Waals surface area (Å²) in [5.41, 5.74) is 0.515. The van der Waals surface area contributed by atoms with Crippen LogP contribution < -0.4 is 0 Å². The molecule has 0 saturated carbocycles. The molecule has 0 bridgehead atoms. The molecule has 14 heavy (non-hydrogen) atoms. The van der Waals surface area contributed by atoms with Gasteiger partial charge < -0.3 is 0 Å². The zero-order chi connectivity index (χ0) is 10.3. The van der Waals surface area contributed by atoms with Gasteiger partial charge in [0.25, 0.3) is 0 Å². The highest BCUT2D eigenvalue weighted by molar-refractivity contribution is 5.83. The van der Waals surface area contributed by atoms with Gasteiger partial charge in [0.1, 0.15) is 5.82 Å². The molecule has 0 saturated heterocycles. The second kappa shape index (κ2) is 2.97. The summed E-state index contributed by atoms with van der Waals surface area (Å²) in [7, 11) is 0. The van der Waals surface area contributed by atoms with Crippen LogP contribution in [0, 0.1) is 24.4 Å². The van der Waals surface area contributed by atoms with Crippen LogP contribution in [0.4, 0.5) is 13.2 Å². The van der Waals surface area contributed by atoms with Gasteiger partial charge >= 0.3 is 0 Å². The number of aryl methyl sites for hydroxylation is 1. The molecule has 2 rings (SSSR count). The summed E-state index contributed by atoms with van der Waals surface area (Å²) in [6, 6.07) is 1.84. The molecule has 0 aliphatic heterocycles. The maximum absolute atomic E-state index is 13.2. The Morgan fingerprint density at radius 3 is 2.43 bits per heavy atom. The third-order valence-corrected chi connectivity index (χ3v) is 2.00. The van der Waals surface area contributed by atoms with Crippen LogP contribution in [0.1, 0.15) is 5.69 Å². The molecule has 0 aliphatic carbocycles. The van der Waals surface area contributed by atoms with Crippen molar-refractivity contribution >= 4 is 10.8 Å². The number of aromatic nitrogens is 1. The highest BCUT2D eigenvalue weighted by Gasteiger charge is 2.12. The maximum atomic E-state index is 13.2. The Morgan fingerprint density at radius 1 is 1.00 bits per heavy atom. The molecule has 1 aromatic heterocycles. The average Bonchev–Trinajstić information content (AvgIpc) is 2.14. The molecular weight excluding hydrogens is 191 g/mol. The molecule has 0 radical (unpaired) electrons. The molecule has 1 aromatic carbocycles. The van der Waals surface area contributed by atoms with Crippen molar-refractivity contribution in [1.29, 1.82) is 0 Å². The molecule has 1 heterocycles. The van der Waals surface area contributed by atoms with Gasteiger partial charge in [0, 0.05) is 28.7 Å². The van der Waals surface area contributed by atoms with Gasteiger partial charge in [-0.2, -0.15) is 0 Å². The Bertz CT molecular complexity index is 508. The van der Waals surface area contributed by atoms with E-state index in [1.807, 2.05) is 0 Å². The first kappa shape index (κ1) is 8.99. The molecule has 0 N–H and O–H groups in total. The number of fused-ring (bicyclic) bond motifs is 1. The second-order valence-electron chi connectivity index (χ2n) is 3.03. The Morgan fingerprint density at radius 2 is 1.71 bits per heavy atom. The number of hydrogen-bond acceptors (Lipinski definition) is 1. The van der Waals surface area contributed by atoms with E-state index < -0.39 is 17.5 Å². The number of rotatable bonds is 0. The maximum Gasteiger partial charge on any atom is 0.166 e. The van der Waals surface area contributed by atoms with Crippen molar-refractivity contribution in [3.05, 3.63) is 41.5 Å². The van der Waals surface area contributed by atoms with Gasteiger partial charge in [-0.25, -0.2) is 13.2 Å². The molecule has 2 aromatic rings. The summed E-state index contributed by atoms with van der Waals surface area (Å²) in [4.78, 5) is 3.81. The lowest BCUT2D eigenvalue weighted by Crippen LogP contribution is -1.92. The molecule has 72 valence electrons. The van der Waals surface area contributed by atoms with Crippen LogP contribution in [0.15, 0.2) is 18.3 Å². The Hall–Kier alpha value is -1.58. The van der Waals surface area contributed by atoms with Crippen LogP contribution in [0.5, 0.6) is 0 Å². The van der Waals surface area contributed by atoms with Crippen LogP contribution in [-0.4, -0.2) is 4.98 Å². The fourth-order valence-electron chi connectivity index (χ4n) is 1.31. The minimum Gasteiger partial charge on any atom is -0.261 e. The van der Waals surface area contributed by atoms with Crippen molar-refractivity contribution in [2.24, 2.45) is 0 Å². The molecule has 0 fully saturated rings. The van der Waals surface area contributed by atoms with E-state index in [9.17, 15) is 13.2 Å². The summed E-state index contributed by atoms with van der Waals surface area (Å²) >= 11 is 0. The van der Waals surface area contributed by atoms with E-state index in [1.165, 1.54) is 12.3 Å². The third kappa shape index (κ3) is 1.23. The second-order valence-corrected chi connectivity index (χ2v) is 3.03. The van der Waals surface area contributed by atoms with Crippen molar-refractivity contribution in [1.82, 2.24) is 4.98 Å². The van der Waals surface area contributed by atoms with Crippen molar-refractivity contribution in [2.45, 2.75) is 6.92 Å². The average molecular weight is 197 g/mol. The minimum absolute atomic E-state index is 0.00509. The van der Waals surface area contributed by atoms with Crippen LogP contribution in [-0.2, 0) is 0 Å². The van der Waals surface area contributed by atoms with E-state index in [2.05, 4.69) is 4.98 Å². The lowest BCUT2D eigenvalue weighted by atomic mass is 10.1. The molecule has 1 nitrogen and oxygen atoms in total. The summed E-state index contributed by atoms with van der Waals surface area (Å²) in [6.45, 7) is 1.63. The fourth-order valence-corrected chi connectivity index (χ4v) is 1.31. The van der Waals surface area contributed by atoms with Gasteiger partial charge in [-0.15, -0.1) is 0 Å². The molecule has 0 aliphatic rings. The van der Waals surface area contributed by atoms with Crippen LogP contribution in [0.2, 0.25) is 0 Å². The van der Waals surface area contributed by atoms with E-state index in [0.717, 1.165) is 0 Å². The first-order valence-corrected chi connectivity index (χ1v) is 3.99. The molecule has 0 atom stereocenters. The van der Waals surface area contributed by atoms with Crippen molar-refractivity contribution in [3.8, 4) is 0 Å². The van der Waals surface area contributed by atoms with E-state index in [0.29, 0.717) is 11.8 Å². The summed E-state index contributed by atoms with van der Waals surface area (Å²) in [5.74, 6) is -3.01. The van der Waals surface area contributed by atoms with E-state index in [-0.39, 0.29) is 10.8 Å². The van der Waals surface area contributed by atoms with Gasteiger partial charge in [-0.3, -0.25) is 4.98 Å². The predicted octanol–water partition coefficient (Wildman–Crippen LogP) is 2.96. The Balaban J connectivity index is 2.95. The normalized spacial score (nSPS) is 10.9. The third-order valence-electron chi connectivity index (χ3n) is 2.00.